The normalized spacial score (nSPS) is 27.3. The average Bonchev–Trinajstić information content (AvgIpc) is 3.83. The first-order valence-electron chi connectivity index (χ1n) is 17.5. The molecule has 46 heavy (non-hydrogen) atoms. The molecule has 0 atom stereocenters. The molecule has 244 valence electrons. The number of carbonyl (C=O) groups is 2. The van der Waals surface area contributed by atoms with Crippen LogP contribution >= 0.6 is 11.3 Å². The summed E-state index contributed by atoms with van der Waals surface area (Å²) in [4.78, 5) is 39.4. The van der Waals surface area contributed by atoms with E-state index in [1.54, 1.807) is 18.4 Å². The molecular formula is C38H48N4O3S. The number of hydrogen-bond acceptors (Lipinski definition) is 6. The molecule has 2 bridgehead atoms. The number of ether oxygens (including phenoxy) is 1. The third-order valence-electron chi connectivity index (χ3n) is 11.7. The van der Waals surface area contributed by atoms with Crippen LogP contribution in [0, 0.1) is 18.3 Å². The molecule has 1 N–H and O–H groups in total. The second-order valence-electron chi connectivity index (χ2n) is 14.6. The summed E-state index contributed by atoms with van der Waals surface area (Å²) in [6.45, 7) is 4.76. The molecule has 0 saturated heterocycles. The Morgan fingerprint density at radius 2 is 1.72 bits per heavy atom. The van der Waals surface area contributed by atoms with Crippen LogP contribution in [0.25, 0.3) is 10.4 Å². The van der Waals surface area contributed by atoms with Crippen molar-refractivity contribution in [1.29, 1.82) is 0 Å². The fourth-order valence-electron chi connectivity index (χ4n) is 8.44. The van der Waals surface area contributed by atoms with E-state index in [1.807, 2.05) is 19.3 Å². The molecule has 5 fully saturated rings. The number of anilines is 1. The summed E-state index contributed by atoms with van der Waals surface area (Å²) in [5.41, 5.74) is 4.07. The van der Waals surface area contributed by atoms with E-state index in [4.69, 9.17) is 14.7 Å². The third-order valence-corrected chi connectivity index (χ3v) is 12.9. The van der Waals surface area contributed by atoms with Crippen LogP contribution in [0.1, 0.15) is 112 Å². The van der Waals surface area contributed by atoms with Crippen LogP contribution < -0.4 is 15.0 Å². The van der Waals surface area contributed by atoms with Crippen molar-refractivity contribution in [2.45, 2.75) is 115 Å². The Morgan fingerprint density at radius 1 is 0.978 bits per heavy atom. The number of aryl methyl sites for hydroxylation is 1. The second kappa shape index (κ2) is 12.7. The highest BCUT2D eigenvalue weighted by atomic mass is 32.1. The molecule has 1 aromatic carbocycles. The topological polar surface area (TPSA) is 84.4 Å². The lowest BCUT2D eigenvalue weighted by atomic mass is 9.51. The van der Waals surface area contributed by atoms with Crippen LogP contribution in [-0.4, -0.2) is 41.5 Å². The smallest absolute Gasteiger partial charge is 0.231 e. The van der Waals surface area contributed by atoms with E-state index in [0.29, 0.717) is 12.3 Å². The minimum absolute atomic E-state index is 0.0462. The van der Waals surface area contributed by atoms with Gasteiger partial charge < -0.3 is 10.1 Å². The largest absolute Gasteiger partial charge is 0.496 e. The fourth-order valence-corrected chi connectivity index (χ4v) is 9.53. The first-order chi connectivity index (χ1) is 22.3. The number of rotatable bonds is 10. The summed E-state index contributed by atoms with van der Waals surface area (Å²) in [5.74, 6) is 2.60. The van der Waals surface area contributed by atoms with Crippen LogP contribution in [0.15, 0.2) is 42.7 Å². The number of aromatic nitrogens is 2. The zero-order valence-corrected chi connectivity index (χ0v) is 28.5. The lowest BCUT2D eigenvalue weighted by Crippen LogP contribution is -2.52. The third kappa shape index (κ3) is 6.22. The lowest BCUT2D eigenvalue weighted by Gasteiger charge is -2.55. The van der Waals surface area contributed by atoms with E-state index < -0.39 is 0 Å². The van der Waals surface area contributed by atoms with Gasteiger partial charge in [0.1, 0.15) is 11.6 Å². The number of hydrogen-bond donors (Lipinski definition) is 1. The van der Waals surface area contributed by atoms with Crippen LogP contribution in [0.4, 0.5) is 5.82 Å². The summed E-state index contributed by atoms with van der Waals surface area (Å²) >= 11 is 1.78. The zero-order chi connectivity index (χ0) is 31.9. The number of benzene rings is 1. The Labute approximate surface area is 277 Å². The van der Waals surface area contributed by atoms with Crippen LogP contribution in [-0.2, 0) is 15.0 Å². The molecule has 0 unspecified atom stereocenters. The molecule has 0 radical (unpaired) electrons. The summed E-state index contributed by atoms with van der Waals surface area (Å²) in [6, 6.07) is 11.1. The van der Waals surface area contributed by atoms with Gasteiger partial charge in [-0.05, 0) is 130 Å². The van der Waals surface area contributed by atoms with Crippen molar-refractivity contribution in [2.24, 2.45) is 11.3 Å². The van der Waals surface area contributed by atoms with Crippen molar-refractivity contribution in [2.75, 3.05) is 18.6 Å². The van der Waals surface area contributed by atoms with Gasteiger partial charge in [0.15, 0.2) is 0 Å². The van der Waals surface area contributed by atoms with Gasteiger partial charge in [0, 0.05) is 43.2 Å². The summed E-state index contributed by atoms with van der Waals surface area (Å²) in [5, 5.41) is 4.38. The highest BCUT2D eigenvalue weighted by Crippen LogP contribution is 2.58. The van der Waals surface area contributed by atoms with Gasteiger partial charge in [-0.2, -0.15) is 0 Å². The highest BCUT2D eigenvalue weighted by molar-refractivity contribution is 7.15. The molecule has 5 saturated carbocycles. The molecule has 5 aliphatic carbocycles. The maximum atomic E-state index is 14.5. The minimum atomic E-state index is -0.0462. The molecule has 3 aromatic rings. The Hall–Kier alpha value is -3.26. The van der Waals surface area contributed by atoms with Gasteiger partial charge in [-0.15, -0.1) is 11.3 Å². The Kier molecular flexibility index (Phi) is 8.68. The van der Waals surface area contributed by atoms with Crippen molar-refractivity contribution in [3.05, 3.63) is 58.9 Å². The first kappa shape index (κ1) is 31.3. The quantitative estimate of drug-likeness (QED) is 0.242. The fraction of sp³-hybridized carbons (Fsp3) is 0.579. The van der Waals surface area contributed by atoms with Gasteiger partial charge in [0.2, 0.25) is 11.8 Å². The van der Waals surface area contributed by atoms with Crippen molar-refractivity contribution >= 4 is 29.0 Å². The van der Waals surface area contributed by atoms with Gasteiger partial charge in [0.05, 0.1) is 17.0 Å². The molecule has 0 spiro atoms. The maximum Gasteiger partial charge on any atom is 0.231 e. The molecule has 7 nitrogen and oxygen atoms in total. The molecule has 8 heteroatoms. The zero-order valence-electron chi connectivity index (χ0n) is 27.6. The summed E-state index contributed by atoms with van der Waals surface area (Å²) < 4.78 is 5.55. The molecule has 8 rings (SSSR count). The number of fused-ring (bicyclic) bond motifs is 3. The number of nitrogens with one attached hydrogen (secondary N) is 1. The lowest BCUT2D eigenvalue weighted by molar-refractivity contribution is -0.124. The first-order valence-corrected chi connectivity index (χ1v) is 18.3. The number of thiazole rings is 1. The number of pyridine rings is 1. The van der Waals surface area contributed by atoms with Crippen LogP contribution in [0.2, 0.25) is 0 Å². The molecular weight excluding hydrogens is 593 g/mol. The van der Waals surface area contributed by atoms with Crippen molar-refractivity contribution in [3.63, 3.8) is 0 Å². The van der Waals surface area contributed by atoms with E-state index in [-0.39, 0.29) is 34.6 Å². The standard InChI is InChI=1S/C38H48N4O3S/c1-4-34(43)41-30-10-7-27(8-11-30)36(44)42(33-22-28(13-20-39-33)32-23-40-35(46-32)26-5-6-26)24-37-14-17-38(18-15-37,19-16-37)29-9-12-31(45-3)25(2)21-29/h9,12-13,20-23,26-27,30H,4-8,10-11,14-19,24H2,1-3H3,(H,41,43). The van der Waals surface area contributed by atoms with Gasteiger partial charge in [-0.25, -0.2) is 9.97 Å². The van der Waals surface area contributed by atoms with Gasteiger partial charge in [-0.3, -0.25) is 14.5 Å². The maximum absolute atomic E-state index is 14.5. The number of methoxy groups -OCH3 is 1. The van der Waals surface area contributed by atoms with E-state index in [2.05, 4.69) is 47.5 Å². The van der Waals surface area contributed by atoms with Crippen molar-refractivity contribution in [3.8, 4) is 16.2 Å². The Morgan fingerprint density at radius 3 is 2.37 bits per heavy atom. The van der Waals surface area contributed by atoms with Gasteiger partial charge in [0.25, 0.3) is 0 Å². The Bertz CT molecular complexity index is 1560. The molecule has 2 heterocycles. The molecule has 2 aromatic heterocycles. The number of nitrogens with zero attached hydrogens (tertiary/aromatic N) is 3. The minimum Gasteiger partial charge on any atom is -0.496 e. The van der Waals surface area contributed by atoms with E-state index >= 15 is 0 Å². The van der Waals surface area contributed by atoms with Gasteiger partial charge >= 0.3 is 0 Å². The summed E-state index contributed by atoms with van der Waals surface area (Å²) in [6.07, 6.45) is 17.0. The molecule has 5 aliphatic rings. The predicted octanol–water partition coefficient (Wildman–Crippen LogP) is 8.11. The average molecular weight is 641 g/mol. The van der Waals surface area contributed by atoms with Gasteiger partial charge in [-0.1, -0.05) is 19.1 Å². The van der Waals surface area contributed by atoms with E-state index in [0.717, 1.165) is 92.8 Å². The summed E-state index contributed by atoms with van der Waals surface area (Å²) in [7, 11) is 1.74. The number of amides is 2. The Balaban J connectivity index is 1.12. The predicted molar refractivity (Wildman–Crippen MR) is 183 cm³/mol. The van der Waals surface area contributed by atoms with Crippen LogP contribution in [0.3, 0.4) is 0 Å². The SMILES string of the molecule is CCC(=O)NC1CCC(C(=O)N(CC23CCC(c4ccc(OC)c(C)c4)(CC2)CC3)c2cc(-c3cnc(C4CC4)s3)ccn2)CC1. The number of carbonyl (C=O) groups excluding carboxylic acids is 2. The van der Waals surface area contributed by atoms with Crippen molar-refractivity contribution in [1.82, 2.24) is 15.3 Å². The van der Waals surface area contributed by atoms with Crippen molar-refractivity contribution < 1.29 is 14.3 Å². The molecule has 2 amide bonds. The van der Waals surface area contributed by atoms with E-state index in [1.165, 1.54) is 29.0 Å². The monoisotopic (exact) mass is 640 g/mol. The van der Waals surface area contributed by atoms with Crippen LogP contribution in [0.5, 0.6) is 5.75 Å². The highest BCUT2D eigenvalue weighted by Gasteiger charge is 2.51. The molecule has 0 aliphatic heterocycles. The second-order valence-corrected chi connectivity index (χ2v) is 15.7. The van der Waals surface area contributed by atoms with E-state index in [9.17, 15) is 9.59 Å².